The molecule has 7 heteroatoms. The van der Waals surface area contributed by atoms with Gasteiger partial charge in [-0.25, -0.2) is 0 Å². The fourth-order valence-corrected chi connectivity index (χ4v) is 4.25. The molecule has 0 bridgehead atoms. The second-order valence-corrected chi connectivity index (χ2v) is 7.92. The Morgan fingerprint density at radius 1 is 1.16 bits per heavy atom. The molecule has 31 heavy (non-hydrogen) atoms. The van der Waals surface area contributed by atoms with Crippen molar-refractivity contribution in [3.8, 4) is 17.2 Å². The van der Waals surface area contributed by atoms with E-state index in [2.05, 4.69) is 5.32 Å². The molecular formula is C24H28N2O5. The van der Waals surface area contributed by atoms with Gasteiger partial charge in [-0.3, -0.25) is 9.59 Å². The van der Waals surface area contributed by atoms with Gasteiger partial charge in [0.1, 0.15) is 5.75 Å². The number of hydrogen-bond donors (Lipinski definition) is 1. The summed E-state index contributed by atoms with van der Waals surface area (Å²) in [7, 11) is 3.20. The molecule has 0 unspecified atom stereocenters. The van der Waals surface area contributed by atoms with Crippen molar-refractivity contribution in [1.29, 1.82) is 0 Å². The molecular weight excluding hydrogens is 396 g/mol. The average Bonchev–Trinajstić information content (AvgIpc) is 3.18. The number of ether oxygens (including phenoxy) is 3. The lowest BCUT2D eigenvalue weighted by molar-refractivity contribution is -0.129. The fraction of sp³-hybridized carbons (Fsp3) is 0.417. The van der Waals surface area contributed by atoms with E-state index in [0.717, 1.165) is 23.3 Å². The molecule has 0 aromatic heterocycles. The smallest absolute Gasteiger partial charge is 0.225 e. The Bertz CT molecular complexity index is 961. The van der Waals surface area contributed by atoms with Gasteiger partial charge >= 0.3 is 0 Å². The zero-order valence-electron chi connectivity index (χ0n) is 17.9. The predicted octanol–water partition coefficient (Wildman–Crippen LogP) is 2.73. The van der Waals surface area contributed by atoms with E-state index in [1.807, 2.05) is 42.5 Å². The summed E-state index contributed by atoms with van der Waals surface area (Å²) in [4.78, 5) is 27.2. The van der Waals surface area contributed by atoms with Gasteiger partial charge in [0.05, 0.1) is 32.8 Å². The van der Waals surface area contributed by atoms with Gasteiger partial charge in [0.2, 0.25) is 11.8 Å². The molecule has 2 amide bonds. The van der Waals surface area contributed by atoms with E-state index in [1.165, 1.54) is 0 Å². The van der Waals surface area contributed by atoms with Crippen LogP contribution in [0.15, 0.2) is 42.5 Å². The lowest BCUT2D eigenvalue weighted by Crippen LogP contribution is -2.37. The summed E-state index contributed by atoms with van der Waals surface area (Å²) in [6.07, 6.45) is 1.67. The summed E-state index contributed by atoms with van der Waals surface area (Å²) < 4.78 is 16.3. The first-order chi connectivity index (χ1) is 15.1. The van der Waals surface area contributed by atoms with E-state index >= 15 is 0 Å². The van der Waals surface area contributed by atoms with Crippen LogP contribution < -0.4 is 19.5 Å². The van der Waals surface area contributed by atoms with Crippen LogP contribution in [-0.4, -0.2) is 50.6 Å². The van der Waals surface area contributed by atoms with Crippen LogP contribution in [0.4, 0.5) is 0 Å². The van der Waals surface area contributed by atoms with Crippen LogP contribution in [0.3, 0.4) is 0 Å². The van der Waals surface area contributed by atoms with Gasteiger partial charge in [-0.2, -0.15) is 0 Å². The largest absolute Gasteiger partial charge is 0.493 e. The minimum Gasteiger partial charge on any atom is -0.493 e. The predicted molar refractivity (Wildman–Crippen MR) is 115 cm³/mol. The number of carbonyl (C=O) groups is 2. The summed E-state index contributed by atoms with van der Waals surface area (Å²) in [6, 6.07) is 13.4. The first-order valence-corrected chi connectivity index (χ1v) is 10.6. The zero-order chi connectivity index (χ0) is 21.8. The van der Waals surface area contributed by atoms with Crippen molar-refractivity contribution in [2.75, 3.05) is 33.9 Å². The van der Waals surface area contributed by atoms with E-state index in [0.29, 0.717) is 37.6 Å². The summed E-state index contributed by atoms with van der Waals surface area (Å²) in [5, 5.41) is 3.13. The first kappa shape index (κ1) is 21.0. The van der Waals surface area contributed by atoms with E-state index < -0.39 is 0 Å². The van der Waals surface area contributed by atoms with Crippen molar-refractivity contribution in [3.05, 3.63) is 53.6 Å². The van der Waals surface area contributed by atoms with Crippen molar-refractivity contribution < 1.29 is 23.8 Å². The Balaban J connectivity index is 1.34. The van der Waals surface area contributed by atoms with Gasteiger partial charge in [0, 0.05) is 31.5 Å². The van der Waals surface area contributed by atoms with E-state index in [4.69, 9.17) is 14.2 Å². The minimum absolute atomic E-state index is 0.0213. The van der Waals surface area contributed by atoms with Crippen molar-refractivity contribution in [1.82, 2.24) is 10.2 Å². The first-order valence-electron chi connectivity index (χ1n) is 10.6. The van der Waals surface area contributed by atoms with Gasteiger partial charge in [-0.15, -0.1) is 0 Å². The molecule has 4 rings (SSSR count). The SMILES string of the molecule is COc1ccc(CCN2C[C@@H](C(=O)N[C@@H]3CCOc4ccccc43)CC2=O)cc1OC. The van der Waals surface area contributed by atoms with Crippen LogP contribution in [0.2, 0.25) is 0 Å². The van der Waals surface area contributed by atoms with Crippen LogP contribution in [0.5, 0.6) is 17.2 Å². The molecule has 2 aromatic carbocycles. The number of hydrogen-bond acceptors (Lipinski definition) is 5. The molecule has 0 spiro atoms. The molecule has 0 saturated carbocycles. The molecule has 7 nitrogen and oxygen atoms in total. The number of carbonyl (C=O) groups excluding carboxylic acids is 2. The van der Waals surface area contributed by atoms with Crippen LogP contribution >= 0.6 is 0 Å². The number of nitrogens with zero attached hydrogens (tertiary/aromatic N) is 1. The van der Waals surface area contributed by atoms with Crippen molar-refractivity contribution >= 4 is 11.8 Å². The second-order valence-electron chi connectivity index (χ2n) is 7.92. The highest BCUT2D eigenvalue weighted by molar-refractivity contribution is 5.89. The standard InChI is InChI=1S/C24H28N2O5/c1-29-21-8-7-16(13-22(21)30-2)9-11-26-15-17(14-23(26)27)24(28)25-19-10-12-31-20-6-4-3-5-18(19)20/h3-8,13,17,19H,9-12,14-15H2,1-2H3,(H,25,28)/t17-,19+/m0/s1. The number of amides is 2. The highest BCUT2D eigenvalue weighted by Gasteiger charge is 2.35. The Labute approximate surface area is 182 Å². The highest BCUT2D eigenvalue weighted by Crippen LogP contribution is 2.32. The number of para-hydroxylation sites is 1. The topological polar surface area (TPSA) is 77.1 Å². The Morgan fingerprint density at radius 2 is 1.97 bits per heavy atom. The van der Waals surface area contributed by atoms with Gasteiger partial charge in [-0.05, 0) is 30.2 Å². The second kappa shape index (κ2) is 9.29. The third kappa shape index (κ3) is 4.60. The van der Waals surface area contributed by atoms with E-state index in [-0.39, 0.29) is 30.2 Å². The highest BCUT2D eigenvalue weighted by atomic mass is 16.5. The third-order valence-electron chi connectivity index (χ3n) is 5.98. The number of benzene rings is 2. The molecule has 1 saturated heterocycles. The van der Waals surface area contributed by atoms with Gasteiger partial charge in [-0.1, -0.05) is 24.3 Å². The summed E-state index contributed by atoms with van der Waals surface area (Å²) in [5.41, 5.74) is 2.05. The number of fused-ring (bicyclic) bond motifs is 1. The number of rotatable bonds is 7. The van der Waals surface area contributed by atoms with Crippen molar-refractivity contribution in [2.24, 2.45) is 5.92 Å². The minimum atomic E-state index is -0.326. The normalized spacial score (nSPS) is 20.1. The lowest BCUT2D eigenvalue weighted by Gasteiger charge is -2.27. The maximum atomic E-state index is 12.9. The lowest BCUT2D eigenvalue weighted by atomic mass is 9.99. The van der Waals surface area contributed by atoms with Crippen LogP contribution in [0.25, 0.3) is 0 Å². The van der Waals surface area contributed by atoms with Gasteiger partial charge in [0.25, 0.3) is 0 Å². The van der Waals surface area contributed by atoms with Crippen molar-refractivity contribution in [3.63, 3.8) is 0 Å². The fourth-order valence-electron chi connectivity index (χ4n) is 4.25. The van der Waals surface area contributed by atoms with Crippen LogP contribution in [0, 0.1) is 5.92 Å². The molecule has 1 N–H and O–H groups in total. The Morgan fingerprint density at radius 3 is 2.77 bits per heavy atom. The molecule has 1 fully saturated rings. The quantitative estimate of drug-likeness (QED) is 0.740. The summed E-state index contributed by atoms with van der Waals surface area (Å²) in [6.45, 7) is 1.59. The van der Waals surface area contributed by atoms with Gasteiger partial charge < -0.3 is 24.4 Å². The molecule has 2 aromatic rings. The maximum Gasteiger partial charge on any atom is 0.225 e. The Kier molecular flexibility index (Phi) is 6.30. The van der Waals surface area contributed by atoms with Crippen LogP contribution in [0.1, 0.15) is 30.0 Å². The Hall–Kier alpha value is -3.22. The van der Waals surface area contributed by atoms with Crippen molar-refractivity contribution in [2.45, 2.75) is 25.3 Å². The monoisotopic (exact) mass is 424 g/mol. The molecule has 164 valence electrons. The van der Waals surface area contributed by atoms with E-state index in [9.17, 15) is 9.59 Å². The average molecular weight is 424 g/mol. The zero-order valence-corrected chi connectivity index (χ0v) is 17.9. The van der Waals surface area contributed by atoms with E-state index in [1.54, 1.807) is 19.1 Å². The van der Waals surface area contributed by atoms with Gasteiger partial charge in [0.15, 0.2) is 11.5 Å². The maximum absolute atomic E-state index is 12.9. The summed E-state index contributed by atoms with van der Waals surface area (Å²) >= 11 is 0. The number of methoxy groups -OCH3 is 2. The third-order valence-corrected chi connectivity index (χ3v) is 5.98. The molecule has 2 atom stereocenters. The molecule has 2 aliphatic heterocycles. The molecule has 2 heterocycles. The molecule has 2 aliphatic rings. The molecule has 0 radical (unpaired) electrons. The van der Waals surface area contributed by atoms with Crippen LogP contribution in [-0.2, 0) is 16.0 Å². The number of likely N-dealkylation sites (tertiary alicyclic amines) is 1. The molecule has 0 aliphatic carbocycles. The number of nitrogens with one attached hydrogen (secondary N) is 1. The summed E-state index contributed by atoms with van der Waals surface area (Å²) in [5.74, 6) is 1.79.